The van der Waals surface area contributed by atoms with Crippen LogP contribution in [0, 0.1) is 11.7 Å². The van der Waals surface area contributed by atoms with Crippen LogP contribution in [-0.2, 0) is 6.18 Å². The van der Waals surface area contributed by atoms with Crippen molar-refractivity contribution < 1.29 is 36.3 Å². The van der Waals surface area contributed by atoms with Crippen LogP contribution in [-0.4, -0.2) is 41.9 Å². The number of alkyl halides is 3. The van der Waals surface area contributed by atoms with E-state index in [1.54, 1.807) is 18.2 Å². The summed E-state index contributed by atoms with van der Waals surface area (Å²) in [6.07, 6.45) is 1.59. The van der Waals surface area contributed by atoms with Crippen LogP contribution in [0.15, 0.2) is 71.1 Å². The van der Waals surface area contributed by atoms with Crippen LogP contribution < -0.4 is 15.0 Å². The van der Waals surface area contributed by atoms with Crippen molar-refractivity contribution in [3.8, 4) is 5.75 Å². The smallest absolute Gasteiger partial charge is 0.416 e. The molecule has 1 N–H and O–H groups in total. The van der Waals surface area contributed by atoms with Crippen molar-refractivity contribution in [3.63, 3.8) is 0 Å². The van der Waals surface area contributed by atoms with Crippen molar-refractivity contribution in [2.75, 3.05) is 18.0 Å². The zero-order valence-electron chi connectivity index (χ0n) is 25.2. The number of piperidine rings is 1. The Morgan fingerprint density at radius 2 is 1.61 bits per heavy atom. The lowest BCUT2D eigenvalue weighted by Crippen LogP contribution is -2.38. The van der Waals surface area contributed by atoms with Crippen LogP contribution in [0.2, 0.25) is 0 Å². The molecule has 242 valence electrons. The van der Waals surface area contributed by atoms with E-state index in [-0.39, 0.29) is 35.5 Å². The number of halogens is 4. The minimum absolute atomic E-state index is 0.00102. The highest BCUT2D eigenvalue weighted by atomic mass is 19.4. The first-order valence-corrected chi connectivity index (χ1v) is 15.7. The predicted molar refractivity (Wildman–Crippen MR) is 164 cm³/mol. The van der Waals surface area contributed by atoms with Crippen molar-refractivity contribution >= 4 is 28.5 Å². The highest BCUT2D eigenvalue weighted by Crippen LogP contribution is 2.32. The second kappa shape index (κ2) is 13.5. The number of nitrogens with zero attached hydrogens (tertiary/aromatic N) is 2. The quantitative estimate of drug-likeness (QED) is 0.148. The summed E-state index contributed by atoms with van der Waals surface area (Å²) in [6.45, 7) is 1.31. The molecular formula is C35H35F4N3O4. The molecule has 6 rings (SSSR count). The second-order valence-corrected chi connectivity index (χ2v) is 12.2. The number of hydrogen-bond acceptors (Lipinski definition) is 6. The van der Waals surface area contributed by atoms with Crippen LogP contribution in [0.3, 0.4) is 0 Å². The van der Waals surface area contributed by atoms with Crippen LogP contribution >= 0.6 is 0 Å². The predicted octanol–water partition coefficient (Wildman–Crippen LogP) is 7.99. The Morgan fingerprint density at radius 1 is 0.913 bits per heavy atom. The average Bonchev–Trinajstić information content (AvgIpc) is 3.49. The van der Waals surface area contributed by atoms with E-state index in [0.717, 1.165) is 49.9 Å². The molecule has 4 aromatic rings. The number of hydrogen-bond donors (Lipinski definition) is 1. The van der Waals surface area contributed by atoms with Gasteiger partial charge in [-0.25, -0.2) is 9.37 Å². The van der Waals surface area contributed by atoms with E-state index in [2.05, 4.69) is 10.3 Å². The van der Waals surface area contributed by atoms with Gasteiger partial charge in [-0.3, -0.25) is 9.59 Å². The Hall–Kier alpha value is -4.41. The first-order valence-electron chi connectivity index (χ1n) is 15.7. The highest BCUT2D eigenvalue weighted by molar-refractivity contribution is 5.96. The third kappa shape index (κ3) is 7.68. The van der Waals surface area contributed by atoms with Crippen molar-refractivity contribution in [3.05, 3.63) is 89.6 Å². The van der Waals surface area contributed by atoms with Crippen molar-refractivity contribution in [1.82, 2.24) is 10.3 Å². The number of ether oxygens (including phenoxy) is 1. The van der Waals surface area contributed by atoms with E-state index in [9.17, 15) is 27.2 Å². The lowest BCUT2D eigenvalue weighted by atomic mass is 9.82. The number of anilines is 1. The topological polar surface area (TPSA) is 84.7 Å². The number of amides is 1. The normalized spacial score (nSPS) is 19.3. The zero-order chi connectivity index (χ0) is 32.3. The molecule has 1 saturated heterocycles. The molecule has 11 heteroatoms. The molecule has 0 unspecified atom stereocenters. The highest BCUT2D eigenvalue weighted by Gasteiger charge is 2.31. The summed E-state index contributed by atoms with van der Waals surface area (Å²) in [7, 11) is 0. The first-order chi connectivity index (χ1) is 22.1. The summed E-state index contributed by atoms with van der Waals surface area (Å²) in [5, 5.41) is 3.03. The minimum Gasteiger partial charge on any atom is -0.490 e. The van der Waals surface area contributed by atoms with Gasteiger partial charge in [0.15, 0.2) is 11.4 Å². The number of carbonyl (C=O) groups excluding carboxylic acids is 2. The molecule has 46 heavy (non-hydrogen) atoms. The molecule has 1 aromatic heterocycles. The number of fused-ring (bicyclic) bond motifs is 1. The van der Waals surface area contributed by atoms with E-state index in [0.29, 0.717) is 60.7 Å². The number of ketones is 1. The van der Waals surface area contributed by atoms with Gasteiger partial charge in [0.1, 0.15) is 23.2 Å². The Morgan fingerprint density at radius 3 is 2.28 bits per heavy atom. The van der Waals surface area contributed by atoms with Gasteiger partial charge >= 0.3 is 12.1 Å². The SMILES string of the molecule is O=C(CCC1CCC(NC(=O)c2nc3ccc(OC4CCN(c5ccc(C(F)(F)F)cc5)CC4)cc3o2)CC1)c1ccc(F)cc1. The zero-order valence-corrected chi connectivity index (χ0v) is 25.2. The summed E-state index contributed by atoms with van der Waals surface area (Å²) in [4.78, 5) is 31.8. The van der Waals surface area contributed by atoms with E-state index in [1.807, 2.05) is 4.90 Å². The van der Waals surface area contributed by atoms with Gasteiger partial charge in [0.25, 0.3) is 5.89 Å². The van der Waals surface area contributed by atoms with Gasteiger partial charge in [-0.05, 0) is 98.7 Å². The molecule has 0 bridgehead atoms. The molecule has 0 atom stereocenters. The maximum atomic E-state index is 13.1. The van der Waals surface area contributed by atoms with E-state index in [1.165, 1.54) is 36.4 Å². The van der Waals surface area contributed by atoms with Crippen molar-refractivity contribution in [2.45, 2.75) is 69.7 Å². The number of carbonyl (C=O) groups is 2. The van der Waals surface area contributed by atoms with Gasteiger partial charge in [-0.1, -0.05) is 0 Å². The Bertz CT molecular complexity index is 1650. The third-order valence-corrected chi connectivity index (χ3v) is 8.99. The van der Waals surface area contributed by atoms with E-state index < -0.39 is 11.7 Å². The number of Topliss-reactive ketones (excluding diaryl/α,β-unsaturated/α-hetero) is 1. The van der Waals surface area contributed by atoms with Crippen LogP contribution in [0.25, 0.3) is 11.1 Å². The fourth-order valence-corrected chi connectivity index (χ4v) is 6.32. The monoisotopic (exact) mass is 637 g/mol. The molecule has 0 spiro atoms. The first kappa shape index (κ1) is 31.6. The lowest BCUT2D eigenvalue weighted by molar-refractivity contribution is -0.137. The van der Waals surface area contributed by atoms with Crippen LogP contribution in [0.5, 0.6) is 5.75 Å². The summed E-state index contributed by atoms with van der Waals surface area (Å²) in [5.41, 5.74) is 1.61. The van der Waals surface area contributed by atoms with Gasteiger partial charge in [-0.2, -0.15) is 13.2 Å². The fourth-order valence-electron chi connectivity index (χ4n) is 6.32. The maximum absolute atomic E-state index is 13.1. The number of aromatic nitrogens is 1. The molecule has 0 radical (unpaired) electrons. The molecule has 1 amide bonds. The van der Waals surface area contributed by atoms with Crippen molar-refractivity contribution in [1.29, 1.82) is 0 Å². The van der Waals surface area contributed by atoms with Gasteiger partial charge in [0.05, 0.1) is 5.56 Å². The summed E-state index contributed by atoms with van der Waals surface area (Å²) >= 11 is 0. The van der Waals surface area contributed by atoms with E-state index in [4.69, 9.17) is 9.15 Å². The largest absolute Gasteiger partial charge is 0.490 e. The molecule has 3 aromatic carbocycles. The Kier molecular flexibility index (Phi) is 9.28. The number of nitrogens with one attached hydrogen (secondary N) is 1. The molecule has 1 aliphatic carbocycles. The minimum atomic E-state index is -4.35. The summed E-state index contributed by atoms with van der Waals surface area (Å²) in [5.74, 6) is 0.272. The molecular weight excluding hydrogens is 602 g/mol. The van der Waals surface area contributed by atoms with Crippen LogP contribution in [0.1, 0.15) is 78.0 Å². The molecule has 2 fully saturated rings. The Labute approximate surface area is 263 Å². The van der Waals surface area contributed by atoms with Gasteiger partial charge < -0.3 is 19.4 Å². The molecule has 2 heterocycles. The molecule has 2 aliphatic rings. The van der Waals surface area contributed by atoms with Crippen LogP contribution in [0.4, 0.5) is 23.2 Å². The number of benzene rings is 3. The second-order valence-electron chi connectivity index (χ2n) is 12.2. The fraction of sp³-hybridized carbons (Fsp3) is 0.400. The average molecular weight is 638 g/mol. The maximum Gasteiger partial charge on any atom is 0.416 e. The Balaban J connectivity index is 0.952. The molecule has 1 saturated carbocycles. The summed E-state index contributed by atoms with van der Waals surface area (Å²) < 4.78 is 63.7. The number of rotatable bonds is 9. The summed E-state index contributed by atoms with van der Waals surface area (Å²) in [6, 6.07) is 16.1. The number of oxazole rings is 1. The third-order valence-electron chi connectivity index (χ3n) is 8.99. The van der Waals surface area contributed by atoms with Gasteiger partial charge in [0.2, 0.25) is 0 Å². The molecule has 1 aliphatic heterocycles. The van der Waals surface area contributed by atoms with E-state index >= 15 is 0 Å². The molecule has 7 nitrogen and oxygen atoms in total. The van der Waals surface area contributed by atoms with Crippen molar-refractivity contribution in [2.24, 2.45) is 5.92 Å². The van der Waals surface area contributed by atoms with Gasteiger partial charge in [0, 0.05) is 55.7 Å². The lowest BCUT2D eigenvalue weighted by Gasteiger charge is -2.33. The van der Waals surface area contributed by atoms with Gasteiger partial charge in [-0.15, -0.1) is 0 Å². The standard InChI is InChI=1S/C35H35F4N3O4/c36-25-8-4-23(5-9-25)31(43)16-3-22-1-10-26(11-2-22)40-33(44)34-41-30-15-14-29(21-32(30)46-34)45-28-17-19-42(20-18-28)27-12-6-24(7-13-27)35(37,38)39/h4-9,12-15,21-22,26,28H,1-3,10-11,16-20H2,(H,40,44).